The lowest BCUT2D eigenvalue weighted by molar-refractivity contribution is -0.385. The van der Waals surface area contributed by atoms with Crippen LogP contribution < -0.4 is 15.0 Å². The Balaban J connectivity index is 2.40. The molecule has 0 atom stereocenters. The van der Waals surface area contributed by atoms with Gasteiger partial charge in [0.2, 0.25) is 5.75 Å². The Morgan fingerprint density at radius 1 is 1.39 bits per heavy atom. The highest BCUT2D eigenvalue weighted by Crippen LogP contribution is 2.32. The first-order chi connectivity index (χ1) is 10.9. The molecule has 0 fully saturated rings. The molecule has 0 aliphatic heterocycles. The van der Waals surface area contributed by atoms with E-state index in [-0.39, 0.29) is 23.2 Å². The predicted octanol–water partition coefficient (Wildman–Crippen LogP) is 2.61. The van der Waals surface area contributed by atoms with E-state index in [4.69, 9.17) is 9.47 Å². The van der Waals surface area contributed by atoms with E-state index in [0.717, 1.165) is 0 Å². The van der Waals surface area contributed by atoms with E-state index in [1.807, 2.05) is 13.8 Å². The van der Waals surface area contributed by atoms with E-state index in [1.165, 1.54) is 36.1 Å². The Bertz CT molecular complexity index is 770. The molecule has 2 aromatic rings. The SMILES string of the molecule is COc1ccc(Oc2nccn(CC(C)C)c2=O)c([N+](=O)[O-])c1. The van der Waals surface area contributed by atoms with Crippen molar-refractivity contribution in [2.45, 2.75) is 20.4 Å². The molecule has 2 rings (SSSR count). The summed E-state index contributed by atoms with van der Waals surface area (Å²) in [4.78, 5) is 26.7. The van der Waals surface area contributed by atoms with Gasteiger partial charge in [0.15, 0.2) is 0 Å². The molecular weight excluding hydrogens is 302 g/mol. The van der Waals surface area contributed by atoms with Crippen LogP contribution in [0, 0.1) is 16.0 Å². The largest absolute Gasteiger partial charge is 0.496 e. The van der Waals surface area contributed by atoms with E-state index in [9.17, 15) is 14.9 Å². The number of hydrogen-bond donors (Lipinski definition) is 0. The van der Waals surface area contributed by atoms with Crippen LogP contribution in [0.15, 0.2) is 35.4 Å². The van der Waals surface area contributed by atoms with E-state index in [0.29, 0.717) is 12.3 Å². The number of ether oxygens (including phenoxy) is 2. The molecule has 0 spiro atoms. The molecule has 0 radical (unpaired) electrons. The molecule has 8 nitrogen and oxygen atoms in total. The lowest BCUT2D eigenvalue weighted by atomic mass is 10.2. The minimum atomic E-state index is -0.604. The third-order valence-corrected chi connectivity index (χ3v) is 3.01. The molecule has 0 unspecified atom stereocenters. The first-order valence-electron chi connectivity index (χ1n) is 6.98. The zero-order chi connectivity index (χ0) is 17.0. The predicted molar refractivity (Wildman–Crippen MR) is 83.1 cm³/mol. The van der Waals surface area contributed by atoms with Gasteiger partial charge >= 0.3 is 11.2 Å². The monoisotopic (exact) mass is 319 g/mol. The standard InChI is InChI=1S/C15H17N3O5/c1-10(2)9-17-7-6-16-14(15(17)19)23-13-5-4-11(22-3)8-12(13)18(20)21/h4-8,10H,9H2,1-3H3. The highest BCUT2D eigenvalue weighted by Gasteiger charge is 2.19. The molecule has 122 valence electrons. The Morgan fingerprint density at radius 3 is 2.74 bits per heavy atom. The van der Waals surface area contributed by atoms with Gasteiger partial charge in [-0.25, -0.2) is 4.98 Å². The first-order valence-corrected chi connectivity index (χ1v) is 6.98. The zero-order valence-corrected chi connectivity index (χ0v) is 13.1. The molecule has 0 aliphatic carbocycles. The van der Waals surface area contributed by atoms with Crippen LogP contribution in [-0.2, 0) is 6.54 Å². The Kier molecular flexibility index (Phi) is 4.95. The van der Waals surface area contributed by atoms with E-state index in [2.05, 4.69) is 4.98 Å². The molecule has 1 aromatic heterocycles. The number of aromatic nitrogens is 2. The fourth-order valence-electron chi connectivity index (χ4n) is 1.99. The average molecular weight is 319 g/mol. The van der Waals surface area contributed by atoms with Crippen molar-refractivity contribution < 1.29 is 14.4 Å². The summed E-state index contributed by atoms with van der Waals surface area (Å²) < 4.78 is 11.8. The van der Waals surface area contributed by atoms with Gasteiger partial charge < -0.3 is 14.0 Å². The van der Waals surface area contributed by atoms with Crippen molar-refractivity contribution in [1.29, 1.82) is 0 Å². The second-order valence-corrected chi connectivity index (χ2v) is 5.28. The van der Waals surface area contributed by atoms with Gasteiger partial charge in [0.05, 0.1) is 18.1 Å². The van der Waals surface area contributed by atoms with Crippen LogP contribution in [0.2, 0.25) is 0 Å². The summed E-state index contributed by atoms with van der Waals surface area (Å²) in [5, 5.41) is 11.1. The van der Waals surface area contributed by atoms with Crippen LogP contribution in [0.3, 0.4) is 0 Å². The Labute approximate surface area is 132 Å². The summed E-state index contributed by atoms with van der Waals surface area (Å²) in [5.41, 5.74) is -0.740. The molecule has 0 saturated heterocycles. The van der Waals surface area contributed by atoms with Gasteiger partial charge in [-0.15, -0.1) is 0 Å². The number of nitro benzene ring substituents is 1. The summed E-state index contributed by atoms with van der Waals surface area (Å²) in [6.45, 7) is 4.45. The maximum absolute atomic E-state index is 12.3. The molecule has 1 heterocycles. The van der Waals surface area contributed by atoms with Crippen LogP contribution in [0.5, 0.6) is 17.4 Å². The van der Waals surface area contributed by atoms with Gasteiger partial charge in [-0.3, -0.25) is 14.9 Å². The van der Waals surface area contributed by atoms with Gasteiger partial charge in [-0.1, -0.05) is 13.8 Å². The normalized spacial score (nSPS) is 10.6. The molecular formula is C15H17N3O5. The topological polar surface area (TPSA) is 96.5 Å². The summed E-state index contributed by atoms with van der Waals surface area (Å²) in [6.07, 6.45) is 2.98. The average Bonchev–Trinajstić information content (AvgIpc) is 2.51. The maximum Gasteiger partial charge on any atom is 0.315 e. The number of benzene rings is 1. The lowest BCUT2D eigenvalue weighted by Gasteiger charge is -2.10. The van der Waals surface area contributed by atoms with Crippen molar-refractivity contribution in [3.63, 3.8) is 0 Å². The Hall–Kier alpha value is -2.90. The van der Waals surface area contributed by atoms with E-state index in [1.54, 1.807) is 6.20 Å². The first kappa shape index (κ1) is 16.5. The lowest BCUT2D eigenvalue weighted by Crippen LogP contribution is -2.23. The van der Waals surface area contributed by atoms with Crippen molar-refractivity contribution in [3.8, 4) is 17.4 Å². The third kappa shape index (κ3) is 3.85. The molecule has 8 heteroatoms. The maximum atomic E-state index is 12.3. The van der Waals surface area contributed by atoms with Crippen LogP contribution >= 0.6 is 0 Å². The number of nitro groups is 1. The summed E-state index contributed by atoms with van der Waals surface area (Å²) in [5.74, 6) is 0.310. The van der Waals surface area contributed by atoms with Gasteiger partial charge in [0.1, 0.15) is 5.75 Å². The molecule has 0 bridgehead atoms. The highest BCUT2D eigenvalue weighted by atomic mass is 16.6. The summed E-state index contributed by atoms with van der Waals surface area (Å²) in [7, 11) is 1.41. The van der Waals surface area contributed by atoms with Crippen molar-refractivity contribution >= 4 is 5.69 Å². The quantitative estimate of drug-likeness (QED) is 0.600. The number of nitrogens with zero attached hydrogens (tertiary/aromatic N) is 3. The smallest absolute Gasteiger partial charge is 0.315 e. The van der Waals surface area contributed by atoms with Gasteiger partial charge in [-0.2, -0.15) is 0 Å². The molecule has 0 amide bonds. The van der Waals surface area contributed by atoms with Crippen LogP contribution in [0.25, 0.3) is 0 Å². The molecule has 1 aromatic carbocycles. The second-order valence-electron chi connectivity index (χ2n) is 5.28. The fourth-order valence-corrected chi connectivity index (χ4v) is 1.99. The van der Waals surface area contributed by atoms with Gasteiger partial charge in [0, 0.05) is 18.9 Å². The highest BCUT2D eigenvalue weighted by molar-refractivity contribution is 5.52. The molecule has 0 N–H and O–H groups in total. The molecule has 23 heavy (non-hydrogen) atoms. The van der Waals surface area contributed by atoms with E-state index >= 15 is 0 Å². The molecule has 0 saturated carbocycles. The summed E-state index contributed by atoms with van der Waals surface area (Å²) in [6, 6.07) is 4.11. The number of rotatable bonds is 6. The van der Waals surface area contributed by atoms with Crippen molar-refractivity contribution in [1.82, 2.24) is 9.55 Å². The van der Waals surface area contributed by atoms with Crippen molar-refractivity contribution in [3.05, 3.63) is 51.1 Å². The van der Waals surface area contributed by atoms with Crippen LogP contribution in [-0.4, -0.2) is 21.6 Å². The van der Waals surface area contributed by atoms with Crippen LogP contribution in [0.4, 0.5) is 5.69 Å². The van der Waals surface area contributed by atoms with Crippen molar-refractivity contribution in [2.24, 2.45) is 5.92 Å². The Morgan fingerprint density at radius 2 is 2.13 bits per heavy atom. The zero-order valence-electron chi connectivity index (χ0n) is 13.1. The second kappa shape index (κ2) is 6.91. The summed E-state index contributed by atoms with van der Waals surface area (Å²) >= 11 is 0. The fraction of sp³-hybridized carbons (Fsp3) is 0.333. The minimum Gasteiger partial charge on any atom is -0.496 e. The third-order valence-electron chi connectivity index (χ3n) is 3.01. The van der Waals surface area contributed by atoms with Crippen molar-refractivity contribution in [2.75, 3.05) is 7.11 Å². The number of methoxy groups -OCH3 is 1. The number of hydrogen-bond acceptors (Lipinski definition) is 6. The van der Waals surface area contributed by atoms with Gasteiger partial charge in [-0.05, 0) is 18.1 Å². The minimum absolute atomic E-state index is 0.0669. The molecule has 0 aliphatic rings. The van der Waals surface area contributed by atoms with E-state index < -0.39 is 10.5 Å². The van der Waals surface area contributed by atoms with Crippen LogP contribution in [0.1, 0.15) is 13.8 Å². The van der Waals surface area contributed by atoms with Gasteiger partial charge in [0.25, 0.3) is 5.88 Å².